The smallest absolute Gasteiger partial charge is 0.149 e. The molecular formula is C33H45N9. The van der Waals surface area contributed by atoms with E-state index in [1.807, 2.05) is 10.9 Å². The highest BCUT2D eigenvalue weighted by molar-refractivity contribution is 6.09. The van der Waals surface area contributed by atoms with E-state index in [2.05, 4.69) is 91.4 Å². The summed E-state index contributed by atoms with van der Waals surface area (Å²) in [5.41, 5.74) is 15.2. The fourth-order valence-electron chi connectivity index (χ4n) is 6.11. The van der Waals surface area contributed by atoms with Gasteiger partial charge in [-0.15, -0.1) is 0 Å². The van der Waals surface area contributed by atoms with Gasteiger partial charge in [0.05, 0.1) is 17.9 Å². The van der Waals surface area contributed by atoms with Crippen molar-refractivity contribution in [3.63, 3.8) is 0 Å². The lowest BCUT2D eigenvalue weighted by atomic mass is 9.78. The number of aromatic nitrogens is 4. The van der Waals surface area contributed by atoms with Gasteiger partial charge in [-0.25, -0.2) is 0 Å². The van der Waals surface area contributed by atoms with Crippen LogP contribution < -0.4 is 11.1 Å². The second kappa shape index (κ2) is 12.5. The average molecular weight is 568 g/mol. The van der Waals surface area contributed by atoms with Crippen molar-refractivity contribution in [2.45, 2.75) is 58.2 Å². The molecular weight excluding hydrogens is 522 g/mol. The second-order valence-electron chi connectivity index (χ2n) is 12.1. The summed E-state index contributed by atoms with van der Waals surface area (Å²) in [5, 5.41) is 13.4. The van der Waals surface area contributed by atoms with Crippen molar-refractivity contribution >= 4 is 29.4 Å². The second-order valence-corrected chi connectivity index (χ2v) is 12.1. The summed E-state index contributed by atoms with van der Waals surface area (Å²) in [5.74, 6) is 1.25. The first-order valence-electron chi connectivity index (χ1n) is 14.9. The molecule has 42 heavy (non-hydrogen) atoms. The number of benzene rings is 1. The van der Waals surface area contributed by atoms with E-state index in [1.54, 1.807) is 19.5 Å². The number of fused-ring (bicyclic) bond motifs is 2. The topological polar surface area (TPSA) is 102 Å². The Bertz CT molecular complexity index is 1530. The Balaban J connectivity index is 1.43. The Morgan fingerprint density at radius 2 is 2.07 bits per heavy atom. The van der Waals surface area contributed by atoms with Crippen molar-refractivity contribution in [3.8, 4) is 0 Å². The van der Waals surface area contributed by atoms with Crippen molar-refractivity contribution in [1.82, 2.24) is 24.5 Å². The van der Waals surface area contributed by atoms with Gasteiger partial charge < -0.3 is 16.0 Å². The number of hydrogen-bond donors (Lipinski definition) is 2. The van der Waals surface area contributed by atoms with Gasteiger partial charge in [0.25, 0.3) is 0 Å². The van der Waals surface area contributed by atoms with Crippen LogP contribution in [0.15, 0.2) is 58.3 Å². The third kappa shape index (κ3) is 6.41. The fraction of sp³-hybridized carbons (Fsp3) is 0.455. The molecule has 3 heterocycles. The van der Waals surface area contributed by atoms with E-state index in [4.69, 9.17) is 20.9 Å². The van der Waals surface area contributed by atoms with Gasteiger partial charge in [0.2, 0.25) is 0 Å². The highest BCUT2D eigenvalue weighted by Crippen LogP contribution is 2.42. The number of hydrogen-bond acceptors (Lipinski definition) is 7. The maximum absolute atomic E-state index is 5.90. The number of nitrogens with two attached hydrogens (primary N) is 1. The molecule has 1 aliphatic carbocycles. The molecule has 3 N–H and O–H groups in total. The Kier molecular flexibility index (Phi) is 8.77. The van der Waals surface area contributed by atoms with Gasteiger partial charge in [-0.3, -0.25) is 19.3 Å². The number of rotatable bonds is 9. The van der Waals surface area contributed by atoms with Crippen molar-refractivity contribution in [3.05, 3.63) is 76.4 Å². The van der Waals surface area contributed by atoms with Crippen LogP contribution in [-0.4, -0.2) is 70.2 Å². The Hall–Kier alpha value is -3.98. The molecule has 0 fully saturated rings. The zero-order valence-electron chi connectivity index (χ0n) is 25.9. The van der Waals surface area contributed by atoms with Crippen LogP contribution in [0.25, 0.3) is 11.1 Å². The van der Waals surface area contributed by atoms with Crippen LogP contribution in [0.2, 0.25) is 0 Å². The van der Waals surface area contributed by atoms with Crippen LogP contribution in [0, 0.1) is 5.92 Å². The maximum Gasteiger partial charge on any atom is 0.149 e. The molecule has 222 valence electrons. The predicted octanol–water partition coefficient (Wildman–Crippen LogP) is 4.80. The molecule has 0 saturated heterocycles. The van der Waals surface area contributed by atoms with E-state index < -0.39 is 5.66 Å². The minimum absolute atomic E-state index is 0.381. The molecule has 0 bridgehead atoms. The summed E-state index contributed by atoms with van der Waals surface area (Å²) >= 11 is 0. The third-order valence-electron chi connectivity index (χ3n) is 8.44. The van der Waals surface area contributed by atoms with Crippen molar-refractivity contribution in [1.29, 1.82) is 0 Å². The van der Waals surface area contributed by atoms with Crippen molar-refractivity contribution < 1.29 is 0 Å². The number of nitrogens with one attached hydrogen (secondary N) is 1. The van der Waals surface area contributed by atoms with Gasteiger partial charge in [-0.1, -0.05) is 31.2 Å². The molecule has 2 unspecified atom stereocenters. The standard InChI is InChI=1S/C33H45N9/c1-23-12-14-33(2,37-30-13-15-42(39-30)17-16-40(4)5)36-22-26-10-11-28-32(31(23)26)29(41(6)38-28)19-24-8-7-9-25(18-24)27(20-34)21-35-3/h7-9,13,15,18,20-23H,10-12,14,16-17,19,34H2,1-6H3,(H,37,39)/b27-20+,35-21?,36-22-. The number of likely N-dealkylation sites (N-methyl/N-ethyl adjacent to an activating group) is 1. The Labute approximate surface area is 249 Å². The largest absolute Gasteiger partial charge is 0.404 e. The summed E-state index contributed by atoms with van der Waals surface area (Å²) in [4.78, 5) is 11.5. The van der Waals surface area contributed by atoms with Crippen LogP contribution in [0.1, 0.15) is 61.2 Å². The summed E-state index contributed by atoms with van der Waals surface area (Å²) in [6, 6.07) is 10.6. The number of aliphatic imine (C=N–C) groups is 2. The van der Waals surface area contributed by atoms with Gasteiger partial charge in [0, 0.05) is 69.1 Å². The van der Waals surface area contributed by atoms with Crippen LogP contribution in [0.5, 0.6) is 0 Å². The van der Waals surface area contributed by atoms with E-state index >= 15 is 0 Å². The molecule has 2 aromatic heterocycles. The van der Waals surface area contributed by atoms with Gasteiger partial charge in [0.15, 0.2) is 0 Å². The van der Waals surface area contributed by atoms with Gasteiger partial charge in [-0.05, 0) is 74.9 Å². The molecule has 0 saturated carbocycles. The van der Waals surface area contributed by atoms with Gasteiger partial charge >= 0.3 is 0 Å². The summed E-state index contributed by atoms with van der Waals surface area (Å²) in [6.07, 6.45) is 12.2. The molecule has 9 nitrogen and oxygen atoms in total. The number of allylic oxidation sites excluding steroid dienone is 3. The first-order chi connectivity index (χ1) is 20.2. The lowest BCUT2D eigenvalue weighted by Gasteiger charge is -2.33. The Morgan fingerprint density at radius 1 is 1.24 bits per heavy atom. The average Bonchev–Trinajstić information content (AvgIpc) is 3.54. The Morgan fingerprint density at radius 3 is 2.83 bits per heavy atom. The predicted molar refractivity (Wildman–Crippen MR) is 174 cm³/mol. The SMILES string of the molecule is CN=C/C(=C\N)c1cccc(Cc2c3c(nn2C)CCC2=C3C(C)CCC(C)(Nc3ccn(CCN(C)C)n3)/N=C\2)c1. The van der Waals surface area contributed by atoms with Crippen molar-refractivity contribution in [2.75, 3.05) is 33.0 Å². The summed E-state index contributed by atoms with van der Waals surface area (Å²) in [7, 11) is 8.00. The molecule has 0 radical (unpaired) electrons. The fourth-order valence-corrected chi connectivity index (χ4v) is 6.11. The molecule has 0 amide bonds. The van der Waals surface area contributed by atoms with Crippen molar-refractivity contribution in [2.24, 2.45) is 28.7 Å². The molecule has 0 spiro atoms. The summed E-state index contributed by atoms with van der Waals surface area (Å²) in [6.45, 7) is 6.36. The zero-order valence-corrected chi connectivity index (χ0v) is 25.9. The quantitative estimate of drug-likeness (QED) is 0.362. The lowest BCUT2D eigenvalue weighted by molar-refractivity contribution is 0.373. The van der Waals surface area contributed by atoms with E-state index in [1.165, 1.54) is 33.7 Å². The molecule has 1 aromatic carbocycles. The first-order valence-corrected chi connectivity index (χ1v) is 14.9. The van der Waals surface area contributed by atoms with E-state index in [0.717, 1.165) is 62.1 Å². The molecule has 2 aliphatic rings. The van der Waals surface area contributed by atoms with Crippen LogP contribution in [0.4, 0.5) is 5.82 Å². The zero-order chi connectivity index (χ0) is 29.9. The van der Waals surface area contributed by atoms with E-state index in [9.17, 15) is 0 Å². The van der Waals surface area contributed by atoms with Crippen LogP contribution in [-0.2, 0) is 26.4 Å². The van der Waals surface area contributed by atoms with Crippen LogP contribution in [0.3, 0.4) is 0 Å². The molecule has 5 rings (SSSR count). The normalized spacial score (nSPS) is 21.8. The number of aryl methyl sites for hydroxylation is 2. The lowest BCUT2D eigenvalue weighted by Crippen LogP contribution is -2.35. The number of anilines is 1. The highest BCUT2D eigenvalue weighted by atomic mass is 15.3. The highest BCUT2D eigenvalue weighted by Gasteiger charge is 2.33. The third-order valence-corrected chi connectivity index (χ3v) is 8.44. The number of nitrogens with zero attached hydrogens (tertiary/aromatic N) is 7. The maximum atomic E-state index is 5.90. The molecule has 9 heteroatoms. The minimum Gasteiger partial charge on any atom is -0.404 e. The van der Waals surface area contributed by atoms with Gasteiger partial charge in [-0.2, -0.15) is 10.2 Å². The van der Waals surface area contributed by atoms with E-state index in [-0.39, 0.29) is 0 Å². The molecule has 2 atom stereocenters. The molecule has 1 aliphatic heterocycles. The summed E-state index contributed by atoms with van der Waals surface area (Å²) < 4.78 is 4.08. The minimum atomic E-state index is -0.415. The monoisotopic (exact) mass is 567 g/mol. The molecule has 3 aromatic rings. The first kappa shape index (κ1) is 29.5. The van der Waals surface area contributed by atoms with Crippen LogP contribution >= 0.6 is 0 Å². The van der Waals surface area contributed by atoms with E-state index in [0.29, 0.717) is 5.92 Å². The van der Waals surface area contributed by atoms with Gasteiger partial charge in [0.1, 0.15) is 11.5 Å².